The second-order valence-electron chi connectivity index (χ2n) is 3.47. The molecule has 2 bridgehead atoms. The van der Waals surface area contributed by atoms with Crippen molar-refractivity contribution in [1.29, 1.82) is 5.26 Å². The minimum atomic E-state index is 0.235. The Morgan fingerprint density at radius 3 is 2.70 bits per heavy atom. The van der Waals surface area contributed by atoms with Crippen molar-refractivity contribution < 1.29 is 0 Å². The molecule has 2 aliphatic rings. The van der Waals surface area contributed by atoms with Crippen LogP contribution in [-0.4, -0.2) is 24.0 Å². The first-order valence-electron chi connectivity index (χ1n) is 3.94. The molecule has 2 fully saturated rings. The number of hydrogen-bond acceptors (Lipinski definition) is 2. The number of hydrogen-bond donors (Lipinski definition) is 0. The average molecular weight is 136 g/mol. The summed E-state index contributed by atoms with van der Waals surface area (Å²) in [6.45, 7) is 0. The molecule has 1 saturated heterocycles. The highest BCUT2D eigenvalue weighted by Gasteiger charge is 2.43. The van der Waals surface area contributed by atoms with E-state index in [0.717, 1.165) is 6.04 Å². The summed E-state index contributed by atoms with van der Waals surface area (Å²) in [5.74, 6) is 0.694. The van der Waals surface area contributed by atoms with Gasteiger partial charge in [-0.05, 0) is 32.2 Å². The molecule has 2 rings (SSSR count). The molecule has 1 aliphatic carbocycles. The van der Waals surface area contributed by atoms with Gasteiger partial charge in [0.05, 0.1) is 6.07 Å². The van der Waals surface area contributed by atoms with Crippen molar-refractivity contribution >= 4 is 0 Å². The molecule has 2 nitrogen and oxygen atoms in total. The third-order valence-corrected chi connectivity index (χ3v) is 3.04. The van der Waals surface area contributed by atoms with E-state index in [1.807, 2.05) is 0 Å². The summed E-state index contributed by atoms with van der Waals surface area (Å²) in [7, 11) is 2.08. The van der Waals surface area contributed by atoms with Gasteiger partial charge in [-0.1, -0.05) is 0 Å². The summed E-state index contributed by atoms with van der Waals surface area (Å²) in [6, 6.07) is 3.34. The normalized spacial score (nSPS) is 45.8. The van der Waals surface area contributed by atoms with Gasteiger partial charge in [-0.3, -0.25) is 4.90 Å². The Morgan fingerprint density at radius 1 is 1.50 bits per heavy atom. The Kier molecular flexibility index (Phi) is 1.21. The van der Waals surface area contributed by atoms with Crippen LogP contribution in [0, 0.1) is 17.2 Å². The molecule has 0 radical (unpaired) electrons. The Balaban J connectivity index is 2.19. The van der Waals surface area contributed by atoms with E-state index in [9.17, 15) is 0 Å². The van der Waals surface area contributed by atoms with Gasteiger partial charge in [0, 0.05) is 6.04 Å². The molecular weight excluding hydrogens is 124 g/mol. The maximum atomic E-state index is 8.77. The van der Waals surface area contributed by atoms with Gasteiger partial charge in [0.25, 0.3) is 0 Å². The first-order valence-corrected chi connectivity index (χ1v) is 3.94. The van der Waals surface area contributed by atoms with Crippen molar-refractivity contribution in [1.82, 2.24) is 4.90 Å². The lowest BCUT2D eigenvalue weighted by Crippen LogP contribution is -2.36. The van der Waals surface area contributed by atoms with E-state index in [0.29, 0.717) is 5.92 Å². The molecule has 0 N–H and O–H groups in total. The molecule has 2 heteroatoms. The highest BCUT2D eigenvalue weighted by atomic mass is 15.2. The van der Waals surface area contributed by atoms with Gasteiger partial charge in [-0.25, -0.2) is 0 Å². The third kappa shape index (κ3) is 0.615. The van der Waals surface area contributed by atoms with Crippen LogP contribution in [0.4, 0.5) is 0 Å². The Hall–Kier alpha value is -0.550. The SMILES string of the molecule is CN1C2CCC(C2)[C@H]1C#N. The van der Waals surface area contributed by atoms with E-state index in [4.69, 9.17) is 5.26 Å². The van der Waals surface area contributed by atoms with Gasteiger partial charge in [0.15, 0.2) is 0 Å². The van der Waals surface area contributed by atoms with E-state index in [1.54, 1.807) is 0 Å². The number of nitriles is 1. The summed E-state index contributed by atoms with van der Waals surface area (Å²) in [5.41, 5.74) is 0. The summed E-state index contributed by atoms with van der Waals surface area (Å²) < 4.78 is 0. The van der Waals surface area contributed by atoms with Crippen LogP contribution < -0.4 is 0 Å². The van der Waals surface area contributed by atoms with Gasteiger partial charge < -0.3 is 0 Å². The molecule has 0 aromatic carbocycles. The average Bonchev–Trinajstić information content (AvgIpc) is 2.46. The first kappa shape index (κ1) is 6.18. The Bertz CT molecular complexity index is 180. The van der Waals surface area contributed by atoms with Crippen molar-refractivity contribution in [3.63, 3.8) is 0 Å². The molecule has 0 spiro atoms. The molecular formula is C8H12N2. The zero-order valence-electron chi connectivity index (χ0n) is 6.25. The number of piperidine rings is 1. The lowest BCUT2D eigenvalue weighted by atomic mass is 10.0. The van der Waals surface area contributed by atoms with Crippen LogP contribution >= 0.6 is 0 Å². The molecule has 0 aromatic rings. The number of rotatable bonds is 0. The van der Waals surface area contributed by atoms with Crippen LogP contribution in [0.15, 0.2) is 0 Å². The Labute approximate surface area is 61.4 Å². The van der Waals surface area contributed by atoms with E-state index in [2.05, 4.69) is 18.0 Å². The summed E-state index contributed by atoms with van der Waals surface area (Å²) in [6.07, 6.45) is 3.88. The molecule has 1 aliphatic heterocycles. The lowest BCUT2D eigenvalue weighted by Gasteiger charge is -2.26. The Morgan fingerprint density at radius 2 is 2.30 bits per heavy atom. The smallest absolute Gasteiger partial charge is 0.101 e. The predicted octanol–water partition coefficient (Wildman–Crippen LogP) is 0.993. The van der Waals surface area contributed by atoms with Crippen molar-refractivity contribution in [3.8, 4) is 6.07 Å². The fraction of sp³-hybridized carbons (Fsp3) is 0.875. The molecule has 0 aromatic heterocycles. The lowest BCUT2D eigenvalue weighted by molar-refractivity contribution is 0.215. The van der Waals surface area contributed by atoms with Crippen LogP contribution in [0.3, 0.4) is 0 Å². The molecule has 54 valence electrons. The van der Waals surface area contributed by atoms with Gasteiger partial charge in [-0.2, -0.15) is 5.26 Å². The summed E-state index contributed by atoms with van der Waals surface area (Å²) in [4.78, 5) is 2.24. The maximum Gasteiger partial charge on any atom is 0.101 e. The van der Waals surface area contributed by atoms with Gasteiger partial charge in [0.2, 0.25) is 0 Å². The van der Waals surface area contributed by atoms with Crippen LogP contribution in [-0.2, 0) is 0 Å². The van der Waals surface area contributed by atoms with E-state index in [1.165, 1.54) is 19.3 Å². The summed E-state index contributed by atoms with van der Waals surface area (Å²) >= 11 is 0. The third-order valence-electron chi connectivity index (χ3n) is 3.04. The first-order chi connectivity index (χ1) is 4.83. The zero-order chi connectivity index (χ0) is 7.14. The highest BCUT2D eigenvalue weighted by molar-refractivity contribution is 5.07. The second-order valence-corrected chi connectivity index (χ2v) is 3.47. The van der Waals surface area contributed by atoms with Crippen molar-refractivity contribution in [2.75, 3.05) is 7.05 Å². The largest absolute Gasteiger partial charge is 0.288 e. The highest BCUT2D eigenvalue weighted by Crippen LogP contribution is 2.40. The molecule has 1 saturated carbocycles. The van der Waals surface area contributed by atoms with Gasteiger partial charge in [-0.15, -0.1) is 0 Å². The second kappa shape index (κ2) is 1.96. The quantitative estimate of drug-likeness (QED) is 0.496. The van der Waals surface area contributed by atoms with Crippen LogP contribution in [0.2, 0.25) is 0 Å². The van der Waals surface area contributed by atoms with Crippen LogP contribution in [0.25, 0.3) is 0 Å². The maximum absolute atomic E-state index is 8.77. The predicted molar refractivity (Wildman–Crippen MR) is 38.3 cm³/mol. The fourth-order valence-corrected chi connectivity index (χ4v) is 2.40. The van der Waals surface area contributed by atoms with Gasteiger partial charge in [0.1, 0.15) is 6.04 Å². The topological polar surface area (TPSA) is 27.0 Å². The van der Waals surface area contributed by atoms with Gasteiger partial charge >= 0.3 is 0 Å². The molecule has 0 amide bonds. The van der Waals surface area contributed by atoms with Crippen LogP contribution in [0.5, 0.6) is 0 Å². The van der Waals surface area contributed by atoms with Crippen molar-refractivity contribution in [2.24, 2.45) is 5.92 Å². The molecule has 10 heavy (non-hydrogen) atoms. The van der Waals surface area contributed by atoms with Crippen LogP contribution in [0.1, 0.15) is 19.3 Å². The number of likely N-dealkylation sites (tertiary alicyclic amines) is 1. The molecule has 2 unspecified atom stereocenters. The number of fused-ring (bicyclic) bond motifs is 2. The zero-order valence-corrected chi connectivity index (χ0v) is 6.25. The van der Waals surface area contributed by atoms with E-state index >= 15 is 0 Å². The standard InChI is InChI=1S/C8H12N2/c1-10-7-3-2-6(4-7)8(10)5-9/h6-8H,2-4H2,1H3/t6?,7?,8-/m1/s1. The number of nitrogens with zero attached hydrogens (tertiary/aromatic N) is 2. The summed E-state index contributed by atoms with van der Waals surface area (Å²) in [5, 5.41) is 8.77. The molecule has 1 heterocycles. The van der Waals surface area contributed by atoms with E-state index < -0.39 is 0 Å². The van der Waals surface area contributed by atoms with Crippen molar-refractivity contribution in [3.05, 3.63) is 0 Å². The minimum Gasteiger partial charge on any atom is -0.288 e. The van der Waals surface area contributed by atoms with Crippen molar-refractivity contribution in [2.45, 2.75) is 31.3 Å². The van der Waals surface area contributed by atoms with E-state index in [-0.39, 0.29) is 6.04 Å². The minimum absolute atomic E-state index is 0.235. The fourth-order valence-electron chi connectivity index (χ4n) is 2.40. The monoisotopic (exact) mass is 136 g/mol. The molecule has 3 atom stereocenters.